The molecule has 0 saturated carbocycles. The number of guanidine groups is 1. The van der Waals surface area contributed by atoms with Gasteiger partial charge in [0.05, 0.1) is 17.0 Å². The first-order chi connectivity index (χ1) is 11.2. The van der Waals surface area contributed by atoms with Crippen LogP contribution in [0.2, 0.25) is 5.02 Å². The van der Waals surface area contributed by atoms with E-state index >= 15 is 0 Å². The lowest BCUT2D eigenvalue weighted by Crippen LogP contribution is -2.39. The molecule has 7 heteroatoms. The molecule has 0 aromatic heterocycles. The average Bonchev–Trinajstić information content (AvgIpc) is 2.48. The maximum absolute atomic E-state index is 12.1. The Morgan fingerprint density at radius 2 is 1.79 bits per heavy atom. The molecule has 0 spiro atoms. The van der Waals surface area contributed by atoms with E-state index in [9.17, 15) is 8.42 Å². The molecule has 0 aliphatic carbocycles. The van der Waals surface area contributed by atoms with Crippen molar-refractivity contribution in [3.05, 3.63) is 34.9 Å². The molecule has 5 nitrogen and oxygen atoms in total. The van der Waals surface area contributed by atoms with Gasteiger partial charge in [-0.05, 0) is 51.8 Å². The topological polar surface area (TPSA) is 70.6 Å². The van der Waals surface area contributed by atoms with Crippen LogP contribution in [0.25, 0.3) is 0 Å². The fourth-order valence-electron chi connectivity index (χ4n) is 1.90. The molecule has 24 heavy (non-hydrogen) atoms. The van der Waals surface area contributed by atoms with Gasteiger partial charge in [0.15, 0.2) is 15.8 Å². The highest BCUT2D eigenvalue weighted by Gasteiger charge is 2.28. The highest BCUT2D eigenvalue weighted by Crippen LogP contribution is 2.15. The van der Waals surface area contributed by atoms with Crippen LogP contribution in [0.15, 0.2) is 29.3 Å². The summed E-state index contributed by atoms with van der Waals surface area (Å²) >= 11 is 5.87. The molecule has 0 amide bonds. The van der Waals surface area contributed by atoms with E-state index in [-0.39, 0.29) is 12.3 Å². The van der Waals surface area contributed by atoms with E-state index in [4.69, 9.17) is 11.6 Å². The van der Waals surface area contributed by atoms with Crippen molar-refractivity contribution in [1.82, 2.24) is 10.6 Å². The zero-order valence-corrected chi connectivity index (χ0v) is 16.5. The molecule has 0 radical (unpaired) electrons. The molecule has 0 heterocycles. The molecule has 0 fully saturated rings. The van der Waals surface area contributed by atoms with Gasteiger partial charge in [-0.2, -0.15) is 0 Å². The summed E-state index contributed by atoms with van der Waals surface area (Å²) in [5.74, 6) is 0.681. The number of nitrogens with zero attached hydrogens (tertiary/aromatic N) is 1. The van der Waals surface area contributed by atoms with Gasteiger partial charge in [0.1, 0.15) is 0 Å². The monoisotopic (exact) mass is 373 g/mol. The third-order valence-electron chi connectivity index (χ3n) is 3.53. The first-order valence-corrected chi connectivity index (χ1v) is 10.2. The second kappa shape index (κ2) is 9.28. The van der Waals surface area contributed by atoms with Gasteiger partial charge in [-0.3, -0.25) is 4.99 Å². The Balaban J connectivity index is 2.52. The van der Waals surface area contributed by atoms with Crippen LogP contribution in [0.3, 0.4) is 0 Å². The number of halogens is 1. The van der Waals surface area contributed by atoms with Crippen molar-refractivity contribution in [2.24, 2.45) is 4.99 Å². The molecule has 1 rings (SSSR count). The number of hydrogen-bond donors (Lipinski definition) is 2. The van der Waals surface area contributed by atoms with E-state index in [0.29, 0.717) is 12.5 Å². The van der Waals surface area contributed by atoms with E-state index in [2.05, 4.69) is 15.6 Å². The number of benzene rings is 1. The maximum Gasteiger partial charge on any atom is 0.191 e. The Bertz CT molecular complexity index is 635. The third kappa shape index (κ3) is 7.09. The van der Waals surface area contributed by atoms with Crippen molar-refractivity contribution >= 4 is 27.4 Å². The fraction of sp³-hybridized carbons (Fsp3) is 0.588. The van der Waals surface area contributed by atoms with Gasteiger partial charge in [0, 0.05) is 18.1 Å². The molecule has 1 aromatic rings. The summed E-state index contributed by atoms with van der Waals surface area (Å²) in [7, 11) is -3.15. The second-order valence-electron chi connectivity index (χ2n) is 6.50. The van der Waals surface area contributed by atoms with Crippen LogP contribution in [0.5, 0.6) is 0 Å². The van der Waals surface area contributed by atoms with Gasteiger partial charge >= 0.3 is 0 Å². The van der Waals surface area contributed by atoms with Gasteiger partial charge in [0.2, 0.25) is 0 Å². The Morgan fingerprint density at radius 1 is 1.17 bits per heavy atom. The van der Waals surface area contributed by atoms with Crippen LogP contribution in [-0.4, -0.2) is 44.5 Å². The molecule has 0 bridgehead atoms. The largest absolute Gasteiger partial charge is 0.357 e. The first kappa shape index (κ1) is 20.8. The molecule has 0 unspecified atom stereocenters. The van der Waals surface area contributed by atoms with E-state index < -0.39 is 14.6 Å². The van der Waals surface area contributed by atoms with Crippen LogP contribution < -0.4 is 10.6 Å². The second-order valence-corrected chi connectivity index (χ2v) is 9.79. The van der Waals surface area contributed by atoms with Crippen molar-refractivity contribution in [3.8, 4) is 0 Å². The van der Waals surface area contributed by atoms with Crippen molar-refractivity contribution in [2.75, 3.05) is 25.4 Å². The van der Waals surface area contributed by atoms with Crippen LogP contribution in [0.4, 0.5) is 0 Å². The van der Waals surface area contributed by atoms with Crippen molar-refractivity contribution in [1.29, 1.82) is 0 Å². The molecular formula is C17H28ClN3O2S. The standard InChI is InChI=1S/C17H28ClN3O2S/c1-5-19-16(21-12-13-24(22,23)17(2,3)4)20-11-10-14-6-8-15(18)9-7-14/h6-9H,5,10-13H2,1-4H3,(H2,19,20,21). The third-order valence-corrected chi connectivity index (χ3v) is 6.36. The van der Waals surface area contributed by atoms with Gasteiger partial charge < -0.3 is 10.6 Å². The van der Waals surface area contributed by atoms with Gasteiger partial charge in [-0.1, -0.05) is 23.7 Å². The van der Waals surface area contributed by atoms with Crippen LogP contribution >= 0.6 is 11.6 Å². The lowest BCUT2D eigenvalue weighted by atomic mass is 10.1. The minimum atomic E-state index is -3.15. The van der Waals surface area contributed by atoms with Crippen LogP contribution in [0.1, 0.15) is 33.3 Å². The molecule has 1 aromatic carbocycles. The molecule has 0 aliphatic heterocycles. The minimum Gasteiger partial charge on any atom is -0.357 e. The summed E-state index contributed by atoms with van der Waals surface area (Å²) < 4.78 is 23.4. The van der Waals surface area contributed by atoms with E-state index in [1.54, 1.807) is 20.8 Å². The van der Waals surface area contributed by atoms with Gasteiger partial charge in [-0.25, -0.2) is 8.42 Å². The Kier molecular flexibility index (Phi) is 8.03. The van der Waals surface area contributed by atoms with Gasteiger partial charge in [0.25, 0.3) is 0 Å². The lowest BCUT2D eigenvalue weighted by Gasteiger charge is -2.18. The quantitative estimate of drug-likeness (QED) is 0.569. The first-order valence-electron chi connectivity index (χ1n) is 8.14. The zero-order chi connectivity index (χ0) is 18.2. The molecule has 0 aliphatic rings. The van der Waals surface area contributed by atoms with Crippen LogP contribution in [-0.2, 0) is 16.3 Å². The molecular weight excluding hydrogens is 346 g/mol. The Labute approximate surface area is 150 Å². The molecule has 0 saturated heterocycles. The highest BCUT2D eigenvalue weighted by molar-refractivity contribution is 7.92. The van der Waals surface area contributed by atoms with Gasteiger partial charge in [-0.15, -0.1) is 0 Å². The number of hydrogen-bond acceptors (Lipinski definition) is 3. The Hall–Kier alpha value is -1.27. The molecule has 0 atom stereocenters. The number of nitrogens with one attached hydrogen (secondary N) is 2. The fourth-order valence-corrected chi connectivity index (χ4v) is 2.97. The van der Waals surface area contributed by atoms with E-state index in [1.807, 2.05) is 31.2 Å². The molecule has 136 valence electrons. The number of aliphatic imine (C=N–C) groups is 1. The highest BCUT2D eigenvalue weighted by atomic mass is 35.5. The lowest BCUT2D eigenvalue weighted by molar-refractivity contribution is 0.560. The Morgan fingerprint density at radius 3 is 2.33 bits per heavy atom. The number of rotatable bonds is 7. The predicted octanol–water partition coefficient (Wildman–Crippen LogP) is 2.65. The summed E-state index contributed by atoms with van der Waals surface area (Å²) in [6.45, 7) is 8.78. The summed E-state index contributed by atoms with van der Waals surface area (Å²) in [6, 6.07) is 7.72. The van der Waals surface area contributed by atoms with Crippen molar-refractivity contribution in [2.45, 2.75) is 38.9 Å². The van der Waals surface area contributed by atoms with E-state index in [0.717, 1.165) is 18.0 Å². The normalized spacial score (nSPS) is 13.0. The van der Waals surface area contributed by atoms with Crippen molar-refractivity contribution < 1.29 is 8.42 Å². The minimum absolute atomic E-state index is 0.0459. The predicted molar refractivity (Wildman–Crippen MR) is 103 cm³/mol. The van der Waals surface area contributed by atoms with E-state index in [1.165, 1.54) is 5.56 Å². The summed E-state index contributed by atoms with van der Waals surface area (Å²) in [5.41, 5.74) is 1.18. The maximum atomic E-state index is 12.1. The summed E-state index contributed by atoms with van der Waals surface area (Å²) in [5, 5.41) is 7.07. The van der Waals surface area contributed by atoms with Crippen LogP contribution in [0, 0.1) is 0 Å². The summed E-state index contributed by atoms with van der Waals surface area (Å²) in [6.07, 6.45) is 0.835. The smallest absolute Gasteiger partial charge is 0.191 e. The SMILES string of the molecule is CCNC(=NCCS(=O)(=O)C(C)(C)C)NCCc1ccc(Cl)cc1. The van der Waals surface area contributed by atoms with Crippen molar-refractivity contribution in [3.63, 3.8) is 0 Å². The average molecular weight is 374 g/mol. The number of sulfone groups is 1. The zero-order valence-electron chi connectivity index (χ0n) is 14.9. The molecule has 2 N–H and O–H groups in total. The summed E-state index contributed by atoms with van der Waals surface area (Å²) in [4.78, 5) is 4.35.